The van der Waals surface area contributed by atoms with Gasteiger partial charge in [-0.05, 0) is 44.4 Å². The monoisotopic (exact) mass is 212 g/mol. The van der Waals surface area contributed by atoms with Gasteiger partial charge in [0.2, 0.25) is 0 Å². The van der Waals surface area contributed by atoms with Crippen LogP contribution in [0.2, 0.25) is 0 Å². The Bertz CT molecular complexity index is 207. The summed E-state index contributed by atoms with van der Waals surface area (Å²) in [4.78, 5) is 0. The van der Waals surface area contributed by atoms with Crippen LogP contribution in [0.15, 0.2) is 0 Å². The first kappa shape index (κ1) is 11.4. The summed E-state index contributed by atoms with van der Waals surface area (Å²) in [5.74, 6) is 0.807. The summed E-state index contributed by atoms with van der Waals surface area (Å²) in [5, 5.41) is 20.2. The van der Waals surface area contributed by atoms with Gasteiger partial charge in [0.15, 0.2) is 0 Å². The fourth-order valence-corrected chi connectivity index (χ4v) is 3.47. The van der Waals surface area contributed by atoms with Gasteiger partial charge in [0, 0.05) is 5.41 Å². The molecule has 0 atom stereocenters. The average molecular weight is 212 g/mol. The molecule has 2 nitrogen and oxygen atoms in total. The average Bonchev–Trinajstić information content (AvgIpc) is 2.18. The quantitative estimate of drug-likeness (QED) is 0.754. The molecule has 0 aromatic rings. The van der Waals surface area contributed by atoms with Crippen LogP contribution in [0.25, 0.3) is 0 Å². The summed E-state index contributed by atoms with van der Waals surface area (Å²) >= 11 is 0. The first-order valence-electron chi connectivity index (χ1n) is 6.49. The molecule has 0 heterocycles. The summed E-state index contributed by atoms with van der Waals surface area (Å²) in [7, 11) is 0. The van der Waals surface area contributed by atoms with Crippen molar-refractivity contribution in [2.24, 2.45) is 11.3 Å². The van der Waals surface area contributed by atoms with Crippen molar-refractivity contribution in [2.45, 2.75) is 63.9 Å². The Morgan fingerprint density at radius 3 is 2.07 bits per heavy atom. The Balaban J connectivity index is 2.02. The maximum absolute atomic E-state index is 10.7. The molecule has 0 aromatic heterocycles. The van der Waals surface area contributed by atoms with Gasteiger partial charge < -0.3 is 10.2 Å². The van der Waals surface area contributed by atoms with E-state index in [1.54, 1.807) is 0 Å². The molecule has 2 saturated carbocycles. The zero-order valence-corrected chi connectivity index (χ0v) is 9.84. The van der Waals surface area contributed by atoms with Gasteiger partial charge in [-0.1, -0.05) is 19.8 Å². The Morgan fingerprint density at radius 1 is 1.13 bits per heavy atom. The summed E-state index contributed by atoms with van der Waals surface area (Å²) in [6.07, 6.45) is 8.58. The van der Waals surface area contributed by atoms with Crippen LogP contribution in [-0.4, -0.2) is 22.4 Å². The summed E-state index contributed by atoms with van der Waals surface area (Å²) in [6.45, 7) is 2.42. The van der Waals surface area contributed by atoms with Gasteiger partial charge in [0.1, 0.15) is 0 Å². The van der Waals surface area contributed by atoms with Crippen LogP contribution < -0.4 is 0 Å². The Kier molecular flexibility index (Phi) is 3.09. The molecule has 0 aromatic carbocycles. The number of rotatable bonds is 3. The van der Waals surface area contributed by atoms with Crippen molar-refractivity contribution < 1.29 is 10.2 Å². The van der Waals surface area contributed by atoms with E-state index in [2.05, 4.69) is 6.92 Å². The van der Waals surface area contributed by atoms with Gasteiger partial charge in [-0.15, -0.1) is 0 Å². The first-order chi connectivity index (χ1) is 7.16. The zero-order valence-electron chi connectivity index (χ0n) is 9.84. The molecular formula is C13H24O2. The molecule has 2 fully saturated rings. The maximum Gasteiger partial charge on any atom is 0.0725 e. The molecule has 0 spiro atoms. The van der Waals surface area contributed by atoms with E-state index in [-0.39, 0.29) is 12.0 Å². The van der Waals surface area contributed by atoms with Crippen molar-refractivity contribution in [3.05, 3.63) is 0 Å². The number of aliphatic hydroxyl groups excluding tert-OH is 1. The number of aliphatic hydroxyl groups is 2. The van der Waals surface area contributed by atoms with Crippen molar-refractivity contribution in [3.8, 4) is 0 Å². The van der Waals surface area contributed by atoms with Gasteiger partial charge in [-0.25, -0.2) is 0 Å². The largest absolute Gasteiger partial charge is 0.396 e. The van der Waals surface area contributed by atoms with Crippen molar-refractivity contribution in [1.29, 1.82) is 0 Å². The smallest absolute Gasteiger partial charge is 0.0725 e. The lowest BCUT2D eigenvalue weighted by atomic mass is 9.54. The van der Waals surface area contributed by atoms with E-state index < -0.39 is 5.60 Å². The topological polar surface area (TPSA) is 40.5 Å². The highest BCUT2D eigenvalue weighted by molar-refractivity contribution is 5.05. The highest BCUT2D eigenvalue weighted by Gasteiger charge is 2.54. The van der Waals surface area contributed by atoms with Crippen LogP contribution in [0, 0.1) is 11.3 Å². The van der Waals surface area contributed by atoms with Crippen LogP contribution in [-0.2, 0) is 0 Å². The lowest BCUT2D eigenvalue weighted by Gasteiger charge is -2.54. The van der Waals surface area contributed by atoms with Crippen LogP contribution in [0.5, 0.6) is 0 Å². The second-order valence-corrected chi connectivity index (χ2v) is 5.68. The van der Waals surface area contributed by atoms with Crippen LogP contribution in [0.1, 0.15) is 58.3 Å². The van der Waals surface area contributed by atoms with Crippen molar-refractivity contribution >= 4 is 0 Å². The second kappa shape index (κ2) is 4.06. The third-order valence-electron chi connectivity index (χ3n) is 5.11. The number of hydrogen-bond donors (Lipinski definition) is 2. The predicted molar refractivity (Wildman–Crippen MR) is 60.6 cm³/mol. The van der Waals surface area contributed by atoms with Crippen LogP contribution >= 0.6 is 0 Å². The molecule has 0 aliphatic heterocycles. The van der Waals surface area contributed by atoms with Crippen molar-refractivity contribution in [1.82, 2.24) is 0 Å². The molecule has 2 heteroatoms. The van der Waals surface area contributed by atoms with Crippen LogP contribution in [0.4, 0.5) is 0 Å². The summed E-state index contributed by atoms with van der Waals surface area (Å²) < 4.78 is 0. The van der Waals surface area contributed by atoms with E-state index in [1.807, 2.05) is 0 Å². The van der Waals surface area contributed by atoms with E-state index in [9.17, 15) is 10.2 Å². The lowest BCUT2D eigenvalue weighted by Crippen LogP contribution is -2.56. The molecule has 15 heavy (non-hydrogen) atoms. The molecule has 0 unspecified atom stereocenters. The molecule has 88 valence electrons. The minimum absolute atomic E-state index is 0.133. The minimum atomic E-state index is -0.550. The van der Waals surface area contributed by atoms with E-state index in [4.69, 9.17) is 0 Å². The third kappa shape index (κ3) is 1.72. The van der Waals surface area contributed by atoms with Gasteiger partial charge >= 0.3 is 0 Å². The Hall–Kier alpha value is -0.0800. The molecule has 0 radical (unpaired) electrons. The molecule has 2 rings (SSSR count). The molecule has 0 amide bonds. The third-order valence-corrected chi connectivity index (χ3v) is 5.11. The molecule has 0 saturated heterocycles. The van der Waals surface area contributed by atoms with Crippen LogP contribution in [0.3, 0.4) is 0 Å². The normalized spacial score (nSPS) is 39.8. The first-order valence-corrected chi connectivity index (χ1v) is 6.49. The fourth-order valence-electron chi connectivity index (χ4n) is 3.47. The molecule has 0 bridgehead atoms. The van der Waals surface area contributed by atoms with Gasteiger partial charge in [-0.2, -0.15) is 0 Å². The molecule has 2 aliphatic carbocycles. The second-order valence-electron chi connectivity index (χ2n) is 5.68. The molecular weight excluding hydrogens is 188 g/mol. The van der Waals surface area contributed by atoms with Gasteiger partial charge in [0.05, 0.1) is 12.2 Å². The Morgan fingerprint density at radius 2 is 1.73 bits per heavy atom. The summed E-state index contributed by atoms with van der Waals surface area (Å²) in [5.41, 5.74) is -0.683. The van der Waals surface area contributed by atoms with E-state index in [0.29, 0.717) is 0 Å². The SMILES string of the molecule is CCC1CCC(O)(C2(CO)CCC2)CC1. The highest BCUT2D eigenvalue weighted by atomic mass is 16.3. The molecule has 2 aliphatic rings. The molecule has 2 N–H and O–H groups in total. The maximum atomic E-state index is 10.7. The minimum Gasteiger partial charge on any atom is -0.396 e. The predicted octanol–water partition coefficient (Wildman–Crippen LogP) is 2.48. The standard InChI is InChI=1S/C13H24O2/c1-2-11-4-8-13(15,9-5-11)12(10-14)6-3-7-12/h11,14-15H,2-10H2,1H3. The lowest BCUT2D eigenvalue weighted by molar-refractivity contribution is -0.172. The summed E-state index contributed by atoms with van der Waals surface area (Å²) in [6, 6.07) is 0. The number of hydrogen-bond acceptors (Lipinski definition) is 2. The zero-order chi connectivity index (χ0) is 10.9. The fraction of sp³-hybridized carbons (Fsp3) is 1.00. The van der Waals surface area contributed by atoms with E-state index in [0.717, 1.165) is 44.4 Å². The van der Waals surface area contributed by atoms with Gasteiger partial charge in [0.25, 0.3) is 0 Å². The van der Waals surface area contributed by atoms with Crippen molar-refractivity contribution in [2.75, 3.05) is 6.61 Å². The van der Waals surface area contributed by atoms with Crippen molar-refractivity contribution in [3.63, 3.8) is 0 Å². The van der Waals surface area contributed by atoms with E-state index in [1.165, 1.54) is 12.8 Å². The van der Waals surface area contributed by atoms with Gasteiger partial charge in [-0.3, -0.25) is 0 Å². The Labute approximate surface area is 92.7 Å². The highest BCUT2D eigenvalue weighted by Crippen LogP contribution is 2.55. The van der Waals surface area contributed by atoms with E-state index >= 15 is 0 Å².